The maximum atomic E-state index is 11.1. The molecule has 1 aromatic rings. The van der Waals surface area contributed by atoms with E-state index in [-0.39, 0.29) is 0 Å². The molecule has 2 unspecified atom stereocenters. The van der Waals surface area contributed by atoms with E-state index in [4.69, 9.17) is 4.55 Å². The van der Waals surface area contributed by atoms with Crippen LogP contribution in [-0.2, 0) is 20.3 Å². The molecule has 0 amide bonds. The fraction of sp³-hybridized carbons (Fsp3) is 0.375. The molecule has 15 heavy (non-hydrogen) atoms. The Hall–Kier alpha value is -0.760. The van der Waals surface area contributed by atoms with Crippen LogP contribution >= 0.6 is 11.3 Å². The Bertz CT molecular complexity index is 373. The molecule has 2 atom stereocenters. The highest BCUT2D eigenvalue weighted by molar-refractivity contribution is 7.74. The summed E-state index contributed by atoms with van der Waals surface area (Å²) < 4.78 is 28.1. The van der Waals surface area contributed by atoms with E-state index >= 15 is 0 Å². The van der Waals surface area contributed by atoms with Gasteiger partial charge in [-0.25, -0.2) is 4.79 Å². The number of rotatable bonds is 4. The van der Waals surface area contributed by atoms with E-state index in [1.165, 1.54) is 18.4 Å². The van der Waals surface area contributed by atoms with E-state index in [1.54, 1.807) is 19.1 Å². The molecule has 0 fully saturated rings. The molecule has 1 aromatic heterocycles. The van der Waals surface area contributed by atoms with Crippen molar-refractivity contribution in [2.45, 2.75) is 13.0 Å². The Morgan fingerprint density at radius 2 is 2.27 bits per heavy atom. The Balaban J connectivity index is 2.75. The molecule has 5 nitrogen and oxygen atoms in total. The van der Waals surface area contributed by atoms with E-state index in [0.29, 0.717) is 9.75 Å². The summed E-state index contributed by atoms with van der Waals surface area (Å²) in [5.74, 6) is -0.427. The lowest BCUT2D eigenvalue weighted by molar-refractivity contribution is 0.0606. The van der Waals surface area contributed by atoms with Crippen molar-refractivity contribution >= 4 is 28.7 Å². The molecule has 0 saturated heterocycles. The highest BCUT2D eigenvalue weighted by Crippen LogP contribution is 2.26. The first-order chi connectivity index (χ1) is 7.04. The topological polar surface area (TPSA) is 72.8 Å². The summed E-state index contributed by atoms with van der Waals surface area (Å²) in [6, 6.07) is 3.25. The van der Waals surface area contributed by atoms with Crippen molar-refractivity contribution in [3.05, 3.63) is 21.9 Å². The third-order valence-corrected chi connectivity index (χ3v) is 3.32. The normalized spacial score (nSPS) is 14.6. The molecule has 1 heterocycles. The average Bonchev–Trinajstić information content (AvgIpc) is 2.64. The number of hydrogen-bond donors (Lipinski definition) is 1. The minimum atomic E-state index is -2.31. The molecule has 0 aromatic carbocycles. The van der Waals surface area contributed by atoms with Crippen LogP contribution < -0.4 is 0 Å². The molecule has 7 heteroatoms. The molecular formula is C8H10O5S2. The number of esters is 1. The third kappa shape index (κ3) is 3.38. The third-order valence-electron chi connectivity index (χ3n) is 1.64. The van der Waals surface area contributed by atoms with Crippen LogP contribution in [0.4, 0.5) is 0 Å². The minimum Gasteiger partial charge on any atom is -0.465 e. The van der Waals surface area contributed by atoms with Gasteiger partial charge in [0, 0.05) is 4.88 Å². The van der Waals surface area contributed by atoms with Crippen molar-refractivity contribution in [2.75, 3.05) is 7.11 Å². The van der Waals surface area contributed by atoms with Crippen molar-refractivity contribution < 1.29 is 22.5 Å². The molecule has 0 spiro atoms. The molecule has 0 saturated carbocycles. The molecule has 0 aliphatic heterocycles. The number of hydrogen-bond acceptors (Lipinski definition) is 5. The lowest BCUT2D eigenvalue weighted by atomic mass is 10.3. The van der Waals surface area contributed by atoms with Crippen LogP contribution in [-0.4, -0.2) is 21.8 Å². The largest absolute Gasteiger partial charge is 0.465 e. The van der Waals surface area contributed by atoms with E-state index in [1.807, 2.05) is 0 Å². The fourth-order valence-electron chi connectivity index (χ4n) is 0.953. The maximum absolute atomic E-state index is 11.1. The predicted molar refractivity (Wildman–Crippen MR) is 55.9 cm³/mol. The Morgan fingerprint density at radius 1 is 1.60 bits per heavy atom. The van der Waals surface area contributed by atoms with Crippen LogP contribution in [0.15, 0.2) is 12.1 Å². The summed E-state index contributed by atoms with van der Waals surface area (Å²) >= 11 is -1.14. The summed E-state index contributed by atoms with van der Waals surface area (Å²) in [4.78, 5) is 12.2. The first kappa shape index (κ1) is 12.3. The molecule has 0 radical (unpaired) electrons. The van der Waals surface area contributed by atoms with Gasteiger partial charge in [-0.15, -0.1) is 11.3 Å². The van der Waals surface area contributed by atoms with Gasteiger partial charge in [0.15, 0.2) is 0 Å². The fourth-order valence-corrected chi connectivity index (χ4v) is 2.27. The smallest absolute Gasteiger partial charge is 0.348 e. The highest BCUT2D eigenvalue weighted by atomic mass is 32.2. The zero-order chi connectivity index (χ0) is 11.4. The standard InChI is InChI=1S/C8H10O5S2/c1-5(13-15(10)11)6-3-4-7(14-6)8(9)12-2/h3-5H,1-2H3,(H,10,11). The summed E-state index contributed by atoms with van der Waals surface area (Å²) in [6.07, 6.45) is -0.528. The minimum absolute atomic E-state index is 0.427. The zero-order valence-electron chi connectivity index (χ0n) is 8.13. The van der Waals surface area contributed by atoms with Crippen molar-refractivity contribution in [1.82, 2.24) is 0 Å². The Morgan fingerprint density at radius 3 is 2.80 bits per heavy atom. The van der Waals surface area contributed by atoms with E-state index in [0.717, 1.165) is 0 Å². The second kappa shape index (κ2) is 5.36. The van der Waals surface area contributed by atoms with Gasteiger partial charge in [-0.2, -0.15) is 4.21 Å². The Kier molecular flexibility index (Phi) is 4.40. The maximum Gasteiger partial charge on any atom is 0.348 e. The van der Waals surface area contributed by atoms with Gasteiger partial charge in [0.25, 0.3) is 0 Å². The van der Waals surface area contributed by atoms with Crippen molar-refractivity contribution in [2.24, 2.45) is 0 Å². The Labute approximate surface area is 93.5 Å². The summed E-state index contributed by atoms with van der Waals surface area (Å²) in [5.41, 5.74) is 0. The van der Waals surface area contributed by atoms with Crippen LogP contribution in [0.3, 0.4) is 0 Å². The quantitative estimate of drug-likeness (QED) is 0.651. The number of methoxy groups -OCH3 is 1. The zero-order valence-corrected chi connectivity index (χ0v) is 9.76. The van der Waals surface area contributed by atoms with Crippen LogP contribution in [0.1, 0.15) is 27.6 Å². The van der Waals surface area contributed by atoms with Gasteiger partial charge in [-0.1, -0.05) is 0 Å². The number of ether oxygens (including phenoxy) is 1. The lowest BCUT2D eigenvalue weighted by Crippen LogP contribution is -2.00. The molecular weight excluding hydrogens is 240 g/mol. The summed E-state index contributed by atoms with van der Waals surface area (Å²) in [6.45, 7) is 1.63. The van der Waals surface area contributed by atoms with Gasteiger partial charge >= 0.3 is 17.3 Å². The first-order valence-corrected chi connectivity index (χ1v) is 5.85. The SMILES string of the molecule is COC(=O)c1ccc(C(C)OS(=O)O)s1. The van der Waals surface area contributed by atoms with Crippen molar-refractivity contribution in [3.8, 4) is 0 Å². The van der Waals surface area contributed by atoms with Gasteiger partial charge in [-0.3, -0.25) is 8.74 Å². The van der Waals surface area contributed by atoms with Crippen LogP contribution in [0, 0.1) is 0 Å². The predicted octanol–water partition coefficient (Wildman–Crippen LogP) is 1.75. The number of thiophene rings is 1. The van der Waals surface area contributed by atoms with Crippen molar-refractivity contribution in [1.29, 1.82) is 0 Å². The summed E-state index contributed by atoms with van der Waals surface area (Å²) in [7, 11) is 1.30. The number of carbonyl (C=O) groups is 1. The summed E-state index contributed by atoms with van der Waals surface area (Å²) in [5, 5.41) is 0. The first-order valence-electron chi connectivity index (χ1n) is 4.00. The second-order valence-electron chi connectivity index (χ2n) is 2.65. The van der Waals surface area contributed by atoms with Crippen molar-refractivity contribution in [3.63, 3.8) is 0 Å². The molecule has 84 valence electrons. The van der Waals surface area contributed by atoms with Gasteiger partial charge in [-0.05, 0) is 19.1 Å². The molecule has 1 N–H and O–H groups in total. The highest BCUT2D eigenvalue weighted by Gasteiger charge is 2.15. The van der Waals surface area contributed by atoms with Gasteiger partial charge in [0.05, 0.1) is 7.11 Å². The van der Waals surface area contributed by atoms with E-state index in [9.17, 15) is 9.00 Å². The molecule has 0 aliphatic rings. The average molecular weight is 250 g/mol. The van der Waals surface area contributed by atoms with Gasteiger partial charge in [0.2, 0.25) is 0 Å². The lowest BCUT2D eigenvalue weighted by Gasteiger charge is -2.05. The van der Waals surface area contributed by atoms with Crippen LogP contribution in [0.25, 0.3) is 0 Å². The monoisotopic (exact) mass is 250 g/mol. The van der Waals surface area contributed by atoms with E-state index < -0.39 is 23.4 Å². The second-order valence-corrected chi connectivity index (χ2v) is 4.39. The van der Waals surface area contributed by atoms with E-state index in [2.05, 4.69) is 8.92 Å². The molecule has 0 aliphatic carbocycles. The van der Waals surface area contributed by atoms with Gasteiger partial charge < -0.3 is 4.74 Å². The number of carbonyl (C=O) groups excluding carboxylic acids is 1. The van der Waals surface area contributed by atoms with Crippen LogP contribution in [0.5, 0.6) is 0 Å². The van der Waals surface area contributed by atoms with Crippen LogP contribution in [0.2, 0.25) is 0 Å². The molecule has 0 bridgehead atoms. The van der Waals surface area contributed by atoms with Gasteiger partial charge in [0.1, 0.15) is 11.0 Å². The molecule has 1 rings (SSSR count).